The van der Waals surface area contributed by atoms with E-state index in [2.05, 4.69) is 4.98 Å². The summed E-state index contributed by atoms with van der Waals surface area (Å²) in [5.74, 6) is 0. The SMILES string of the molecule is O=[N+]([O-])c1ccc2nc(-c3ccc(S(=O)[O-])cc3)cc(Cl)c2c1. The first-order valence-electron chi connectivity index (χ1n) is 6.40. The van der Waals surface area contributed by atoms with E-state index in [9.17, 15) is 18.9 Å². The Morgan fingerprint density at radius 3 is 2.39 bits per heavy atom. The Hall–Kier alpha value is -2.35. The third-order valence-electron chi connectivity index (χ3n) is 3.30. The van der Waals surface area contributed by atoms with Crippen molar-refractivity contribution >= 4 is 39.3 Å². The molecule has 116 valence electrons. The van der Waals surface area contributed by atoms with Gasteiger partial charge in [0, 0.05) is 28.0 Å². The van der Waals surface area contributed by atoms with Crippen molar-refractivity contribution in [1.29, 1.82) is 0 Å². The van der Waals surface area contributed by atoms with Crippen LogP contribution in [0.15, 0.2) is 53.4 Å². The first kappa shape index (κ1) is 15.5. The van der Waals surface area contributed by atoms with Gasteiger partial charge in [-0.05, 0) is 35.3 Å². The lowest BCUT2D eigenvalue weighted by Crippen LogP contribution is -1.92. The van der Waals surface area contributed by atoms with Crippen molar-refractivity contribution in [2.45, 2.75) is 4.90 Å². The van der Waals surface area contributed by atoms with Gasteiger partial charge in [0.05, 0.1) is 21.2 Å². The molecular formula is C15H8ClN2O4S-. The van der Waals surface area contributed by atoms with E-state index in [0.717, 1.165) is 0 Å². The average molecular weight is 348 g/mol. The van der Waals surface area contributed by atoms with E-state index in [4.69, 9.17) is 11.6 Å². The number of rotatable bonds is 3. The van der Waals surface area contributed by atoms with Gasteiger partial charge in [0.1, 0.15) is 0 Å². The molecule has 0 radical (unpaired) electrons. The lowest BCUT2D eigenvalue weighted by molar-refractivity contribution is -0.384. The van der Waals surface area contributed by atoms with Crippen LogP contribution in [0.25, 0.3) is 22.2 Å². The molecule has 6 nitrogen and oxygen atoms in total. The van der Waals surface area contributed by atoms with Crippen LogP contribution in [0.2, 0.25) is 5.02 Å². The third kappa shape index (κ3) is 3.07. The molecule has 0 fully saturated rings. The summed E-state index contributed by atoms with van der Waals surface area (Å²) in [6, 6.07) is 12.0. The molecule has 3 aromatic rings. The van der Waals surface area contributed by atoms with Crippen molar-refractivity contribution in [3.05, 3.63) is 63.7 Å². The van der Waals surface area contributed by atoms with Crippen LogP contribution in [0.5, 0.6) is 0 Å². The van der Waals surface area contributed by atoms with E-state index in [0.29, 0.717) is 27.2 Å². The first-order chi connectivity index (χ1) is 11.0. The Labute approximate surface area is 138 Å². The van der Waals surface area contributed by atoms with E-state index in [-0.39, 0.29) is 10.6 Å². The van der Waals surface area contributed by atoms with Crippen LogP contribution in [0, 0.1) is 10.1 Å². The summed E-state index contributed by atoms with van der Waals surface area (Å²) in [5.41, 5.74) is 1.71. The Balaban J connectivity index is 2.10. The van der Waals surface area contributed by atoms with Gasteiger partial charge in [0.25, 0.3) is 5.69 Å². The number of hydrogen-bond acceptors (Lipinski definition) is 5. The van der Waals surface area contributed by atoms with E-state index in [1.54, 1.807) is 18.2 Å². The molecule has 3 rings (SSSR count). The first-order valence-corrected chi connectivity index (χ1v) is 7.85. The molecule has 0 aliphatic rings. The molecule has 1 heterocycles. The number of pyridine rings is 1. The summed E-state index contributed by atoms with van der Waals surface area (Å²) in [6.07, 6.45) is 0. The lowest BCUT2D eigenvalue weighted by atomic mass is 10.1. The van der Waals surface area contributed by atoms with Crippen molar-refractivity contribution < 1.29 is 13.7 Å². The van der Waals surface area contributed by atoms with Crippen LogP contribution in [0.1, 0.15) is 0 Å². The zero-order chi connectivity index (χ0) is 16.6. The minimum atomic E-state index is -2.29. The van der Waals surface area contributed by atoms with Gasteiger partial charge in [0.2, 0.25) is 0 Å². The molecule has 0 bridgehead atoms. The quantitative estimate of drug-likeness (QED) is 0.409. The highest BCUT2D eigenvalue weighted by molar-refractivity contribution is 7.79. The molecule has 0 spiro atoms. The van der Waals surface area contributed by atoms with E-state index in [1.165, 1.54) is 30.3 Å². The molecule has 1 aromatic heterocycles. The largest absolute Gasteiger partial charge is 0.768 e. The van der Waals surface area contributed by atoms with Crippen LogP contribution in [-0.4, -0.2) is 18.7 Å². The van der Waals surface area contributed by atoms with Gasteiger partial charge in [-0.1, -0.05) is 23.7 Å². The summed E-state index contributed by atoms with van der Waals surface area (Å²) in [6.45, 7) is 0. The molecule has 0 N–H and O–H groups in total. The number of hydrogen-bond donors (Lipinski definition) is 0. The second kappa shape index (κ2) is 6.04. The summed E-state index contributed by atoms with van der Waals surface area (Å²) in [5, 5.41) is 11.6. The molecule has 23 heavy (non-hydrogen) atoms. The third-order valence-corrected chi connectivity index (χ3v) is 4.26. The predicted octanol–water partition coefficient (Wildman–Crippen LogP) is 3.70. The van der Waals surface area contributed by atoms with Crippen LogP contribution in [0.4, 0.5) is 5.69 Å². The Bertz CT molecular complexity index is 944. The van der Waals surface area contributed by atoms with Crippen LogP contribution in [-0.2, 0) is 11.1 Å². The van der Waals surface area contributed by atoms with Crippen LogP contribution < -0.4 is 0 Å². The standard InChI is InChI=1S/C15H9ClN2O4S/c16-13-8-15(9-1-4-11(5-2-9)23(21)22)17-14-6-3-10(18(19)20)7-12(13)14/h1-8H,(H,21,22)/p-1. The molecule has 0 aliphatic heterocycles. The number of non-ortho nitro benzene ring substituents is 1. The minimum Gasteiger partial charge on any atom is -0.768 e. The zero-order valence-corrected chi connectivity index (χ0v) is 13.0. The predicted molar refractivity (Wildman–Crippen MR) is 86.0 cm³/mol. The van der Waals surface area contributed by atoms with Crippen molar-refractivity contribution in [1.82, 2.24) is 4.98 Å². The highest BCUT2D eigenvalue weighted by Crippen LogP contribution is 2.30. The summed E-state index contributed by atoms with van der Waals surface area (Å²) < 4.78 is 21.7. The number of nitrogens with zero attached hydrogens (tertiary/aromatic N) is 2. The van der Waals surface area contributed by atoms with Crippen molar-refractivity contribution in [3.8, 4) is 11.3 Å². The number of aromatic nitrogens is 1. The van der Waals surface area contributed by atoms with Crippen LogP contribution in [0.3, 0.4) is 0 Å². The van der Waals surface area contributed by atoms with Gasteiger partial charge in [-0.25, -0.2) is 4.98 Å². The molecule has 0 saturated carbocycles. The van der Waals surface area contributed by atoms with Gasteiger partial charge in [0.15, 0.2) is 0 Å². The van der Waals surface area contributed by atoms with E-state index in [1.807, 2.05) is 0 Å². The molecule has 2 aromatic carbocycles. The summed E-state index contributed by atoms with van der Waals surface area (Å²) in [7, 11) is 0. The summed E-state index contributed by atoms with van der Waals surface area (Å²) in [4.78, 5) is 14.9. The number of fused-ring (bicyclic) bond motifs is 1. The van der Waals surface area contributed by atoms with E-state index >= 15 is 0 Å². The smallest absolute Gasteiger partial charge is 0.270 e. The van der Waals surface area contributed by atoms with Gasteiger partial charge < -0.3 is 4.55 Å². The fourth-order valence-electron chi connectivity index (χ4n) is 2.17. The fraction of sp³-hybridized carbons (Fsp3) is 0. The second-order valence-corrected chi connectivity index (χ2v) is 6.05. The van der Waals surface area contributed by atoms with Crippen molar-refractivity contribution in [2.75, 3.05) is 0 Å². The monoisotopic (exact) mass is 347 g/mol. The number of benzene rings is 2. The molecule has 1 unspecified atom stereocenters. The van der Waals surface area contributed by atoms with Crippen molar-refractivity contribution in [2.24, 2.45) is 0 Å². The van der Waals surface area contributed by atoms with Gasteiger partial charge in [-0.2, -0.15) is 0 Å². The molecule has 0 aliphatic carbocycles. The molecule has 8 heteroatoms. The van der Waals surface area contributed by atoms with E-state index < -0.39 is 16.0 Å². The fourth-order valence-corrected chi connectivity index (χ4v) is 2.78. The number of halogens is 1. The maximum absolute atomic E-state index is 10.9. The second-order valence-electron chi connectivity index (χ2n) is 4.71. The number of nitro groups is 1. The topological polar surface area (TPSA) is 96.2 Å². The molecule has 1 atom stereocenters. The Kier molecular flexibility index (Phi) is 4.08. The molecule has 0 amide bonds. The summed E-state index contributed by atoms with van der Waals surface area (Å²) >= 11 is 3.92. The molecular weight excluding hydrogens is 340 g/mol. The average Bonchev–Trinajstić information content (AvgIpc) is 2.54. The highest BCUT2D eigenvalue weighted by Gasteiger charge is 2.11. The minimum absolute atomic E-state index is 0.0590. The van der Waals surface area contributed by atoms with Gasteiger partial charge in [-0.15, -0.1) is 0 Å². The number of nitro benzene ring substituents is 1. The zero-order valence-electron chi connectivity index (χ0n) is 11.4. The van der Waals surface area contributed by atoms with Crippen LogP contribution >= 0.6 is 11.6 Å². The lowest BCUT2D eigenvalue weighted by Gasteiger charge is -2.08. The Morgan fingerprint density at radius 1 is 1.09 bits per heavy atom. The van der Waals surface area contributed by atoms with Crippen molar-refractivity contribution in [3.63, 3.8) is 0 Å². The normalized spacial score (nSPS) is 12.3. The van der Waals surface area contributed by atoms with Gasteiger partial charge >= 0.3 is 0 Å². The Morgan fingerprint density at radius 2 is 1.78 bits per heavy atom. The molecule has 0 saturated heterocycles. The van der Waals surface area contributed by atoms with Gasteiger partial charge in [-0.3, -0.25) is 14.3 Å². The maximum Gasteiger partial charge on any atom is 0.270 e. The maximum atomic E-state index is 10.9. The highest BCUT2D eigenvalue weighted by atomic mass is 35.5.